The maximum absolute atomic E-state index is 13.6. The van der Waals surface area contributed by atoms with E-state index in [4.69, 9.17) is 19.5 Å². The van der Waals surface area contributed by atoms with Gasteiger partial charge in [-0.2, -0.15) is 0 Å². The fraction of sp³-hybridized carbons (Fsp3) is 0.520. The highest BCUT2D eigenvalue weighted by Crippen LogP contribution is 2.46. The van der Waals surface area contributed by atoms with Crippen molar-refractivity contribution in [3.8, 4) is 0 Å². The van der Waals surface area contributed by atoms with Gasteiger partial charge >= 0.3 is 7.75 Å². The van der Waals surface area contributed by atoms with E-state index in [0.29, 0.717) is 0 Å². The summed E-state index contributed by atoms with van der Waals surface area (Å²) in [7, 11) is -3.97. The summed E-state index contributed by atoms with van der Waals surface area (Å²) in [5.74, 6) is 0.621. The van der Waals surface area contributed by atoms with E-state index >= 15 is 0 Å². The molecule has 0 saturated carbocycles. The van der Waals surface area contributed by atoms with Crippen molar-refractivity contribution in [3.63, 3.8) is 0 Å². The maximum Gasteiger partial charge on any atom is 0.405 e. The van der Waals surface area contributed by atoms with Crippen LogP contribution in [0, 0.1) is 5.41 Å². The van der Waals surface area contributed by atoms with Crippen molar-refractivity contribution >= 4 is 30.5 Å². The van der Waals surface area contributed by atoms with Crippen LogP contribution in [0.15, 0.2) is 60.0 Å². The molecule has 1 fully saturated rings. The van der Waals surface area contributed by atoms with Gasteiger partial charge in [0, 0.05) is 18.5 Å². The Labute approximate surface area is 232 Å². The van der Waals surface area contributed by atoms with Gasteiger partial charge in [-0.15, -0.1) is 0 Å². The SMILES string of the molecule is C=C1N=C(N)C=CN1[C@@H]1O[C@H](COP(=O)(NCc2ccccc2)OCCSC(=O)C(C)(C)CO)[C@H](O)C1(C)O. The third-order valence-corrected chi connectivity index (χ3v) is 8.97. The van der Waals surface area contributed by atoms with Gasteiger partial charge in [-0.1, -0.05) is 48.7 Å². The van der Waals surface area contributed by atoms with Crippen molar-refractivity contribution in [1.82, 2.24) is 9.99 Å². The fourth-order valence-corrected chi connectivity index (χ4v) is 5.95. The van der Waals surface area contributed by atoms with E-state index in [2.05, 4.69) is 16.7 Å². The van der Waals surface area contributed by atoms with Gasteiger partial charge in [0.15, 0.2) is 11.3 Å². The molecule has 14 heteroatoms. The number of amidine groups is 1. The van der Waals surface area contributed by atoms with Crippen LogP contribution in [0.2, 0.25) is 0 Å². The van der Waals surface area contributed by atoms with Gasteiger partial charge in [0.05, 0.1) is 25.2 Å². The Morgan fingerprint density at radius 3 is 2.69 bits per heavy atom. The number of thioether (sulfide) groups is 1. The van der Waals surface area contributed by atoms with E-state index in [0.717, 1.165) is 17.3 Å². The summed E-state index contributed by atoms with van der Waals surface area (Å²) >= 11 is 0.957. The minimum atomic E-state index is -3.97. The molecule has 6 N–H and O–H groups in total. The first-order valence-corrected chi connectivity index (χ1v) is 14.8. The summed E-state index contributed by atoms with van der Waals surface area (Å²) in [6.45, 7) is 7.85. The summed E-state index contributed by atoms with van der Waals surface area (Å²) in [4.78, 5) is 17.8. The molecular weight excluding hydrogens is 547 g/mol. The Bertz CT molecular complexity index is 1130. The second kappa shape index (κ2) is 13.1. The zero-order chi connectivity index (χ0) is 28.8. The molecule has 2 unspecified atom stereocenters. The molecule has 2 heterocycles. The van der Waals surface area contributed by atoms with Crippen molar-refractivity contribution in [2.75, 3.05) is 25.6 Å². The van der Waals surface area contributed by atoms with Gasteiger partial charge in [0.2, 0.25) is 0 Å². The molecule has 0 aliphatic carbocycles. The predicted octanol–water partition coefficient (Wildman–Crippen LogP) is 1.69. The molecule has 1 saturated heterocycles. The minimum Gasteiger partial charge on any atom is -0.395 e. The monoisotopic (exact) mass is 584 g/mol. The Balaban J connectivity index is 1.65. The van der Waals surface area contributed by atoms with Gasteiger partial charge in [0.1, 0.15) is 29.5 Å². The summed E-state index contributed by atoms with van der Waals surface area (Å²) in [5.41, 5.74) is 3.84. The largest absolute Gasteiger partial charge is 0.405 e. The van der Waals surface area contributed by atoms with Gasteiger partial charge in [0.25, 0.3) is 0 Å². The fourth-order valence-electron chi connectivity index (χ4n) is 3.71. The number of aliphatic hydroxyl groups excluding tert-OH is 2. The number of aliphatic imine (C=N–C) groups is 1. The Kier molecular flexibility index (Phi) is 10.5. The Morgan fingerprint density at radius 1 is 1.36 bits per heavy atom. The second-order valence-electron chi connectivity index (χ2n) is 10.00. The summed E-state index contributed by atoms with van der Waals surface area (Å²) in [6.07, 6.45) is -0.525. The lowest BCUT2D eigenvalue weighted by Gasteiger charge is -2.35. The topological polar surface area (TPSA) is 176 Å². The van der Waals surface area contributed by atoms with E-state index in [1.165, 1.54) is 24.1 Å². The van der Waals surface area contributed by atoms with Crippen LogP contribution in [0.3, 0.4) is 0 Å². The van der Waals surface area contributed by atoms with Crippen molar-refractivity contribution in [2.45, 2.75) is 51.4 Å². The first-order chi connectivity index (χ1) is 18.3. The lowest BCUT2D eigenvalue weighted by Crippen LogP contribution is -2.51. The van der Waals surface area contributed by atoms with Crippen LogP contribution >= 0.6 is 19.5 Å². The number of rotatable bonds is 13. The van der Waals surface area contributed by atoms with Crippen LogP contribution in [-0.4, -0.2) is 80.8 Å². The average molecular weight is 585 g/mol. The smallest absolute Gasteiger partial charge is 0.395 e. The Morgan fingerprint density at radius 2 is 2.05 bits per heavy atom. The molecule has 0 radical (unpaired) electrons. The number of carbonyl (C=O) groups is 1. The molecule has 0 bridgehead atoms. The zero-order valence-corrected chi connectivity index (χ0v) is 23.9. The van der Waals surface area contributed by atoms with Crippen LogP contribution in [-0.2, 0) is 29.7 Å². The molecule has 0 aromatic heterocycles. The quantitative estimate of drug-likeness (QED) is 0.168. The molecule has 2 aliphatic rings. The first kappa shape index (κ1) is 31.5. The molecule has 2 aliphatic heterocycles. The van der Waals surface area contributed by atoms with Gasteiger partial charge in [-0.3, -0.25) is 13.8 Å². The highest BCUT2D eigenvalue weighted by molar-refractivity contribution is 8.13. The third kappa shape index (κ3) is 8.00. The van der Waals surface area contributed by atoms with Gasteiger partial charge in [-0.05, 0) is 32.4 Å². The molecule has 1 aromatic rings. The molecular formula is C25H37N4O8PS. The van der Waals surface area contributed by atoms with Crippen LogP contribution in [0.25, 0.3) is 0 Å². The number of benzene rings is 1. The van der Waals surface area contributed by atoms with Crippen LogP contribution in [0.4, 0.5) is 0 Å². The number of hydrogen-bond donors (Lipinski definition) is 5. The van der Waals surface area contributed by atoms with E-state index in [-0.39, 0.29) is 48.9 Å². The number of nitrogens with zero attached hydrogens (tertiary/aromatic N) is 2. The zero-order valence-electron chi connectivity index (χ0n) is 22.2. The summed E-state index contributed by atoms with van der Waals surface area (Å²) < 4.78 is 30.8. The number of aliphatic hydroxyl groups is 3. The molecule has 5 atom stereocenters. The van der Waals surface area contributed by atoms with Crippen molar-refractivity contribution in [3.05, 3.63) is 60.6 Å². The predicted molar refractivity (Wildman–Crippen MR) is 148 cm³/mol. The van der Waals surface area contributed by atoms with E-state index < -0.39 is 37.2 Å². The number of nitrogens with one attached hydrogen (secondary N) is 1. The molecule has 216 valence electrons. The van der Waals surface area contributed by atoms with E-state index in [1.807, 2.05) is 30.3 Å². The van der Waals surface area contributed by atoms with Crippen molar-refractivity contribution in [1.29, 1.82) is 0 Å². The maximum atomic E-state index is 13.6. The van der Waals surface area contributed by atoms with E-state index in [9.17, 15) is 24.7 Å². The molecule has 0 amide bonds. The first-order valence-electron chi connectivity index (χ1n) is 12.3. The normalized spacial score (nSPS) is 26.9. The molecule has 1 aromatic carbocycles. The summed E-state index contributed by atoms with van der Waals surface area (Å²) in [6, 6.07) is 9.19. The minimum absolute atomic E-state index is 0.0940. The van der Waals surface area contributed by atoms with Crippen molar-refractivity contribution < 1.29 is 38.5 Å². The van der Waals surface area contributed by atoms with Crippen molar-refractivity contribution in [2.24, 2.45) is 16.1 Å². The van der Waals surface area contributed by atoms with Crippen LogP contribution in [0.1, 0.15) is 26.3 Å². The standard InChI is InChI=1S/C25H37N4O8PS/c1-17-28-20(26)10-11-29(17)22-25(4,33)21(31)19(37-22)15-36-38(34,27-14-18-8-6-5-7-9-18)35-12-13-39-23(32)24(2,3)16-30/h5-11,19,21-22,30-31,33H,1,12-16H2,2-4H3,(H2,26,28)(H,27,34)/t19-,21+,22-,25?,38?/m1/s1. The Hall–Kier alpha value is -2.06. The van der Waals surface area contributed by atoms with E-state index in [1.54, 1.807) is 13.8 Å². The van der Waals surface area contributed by atoms with Crippen LogP contribution < -0.4 is 10.8 Å². The third-order valence-electron chi connectivity index (χ3n) is 6.22. The highest BCUT2D eigenvalue weighted by atomic mass is 32.2. The molecule has 3 rings (SSSR count). The average Bonchev–Trinajstić information content (AvgIpc) is 3.13. The molecule has 39 heavy (non-hydrogen) atoms. The lowest BCUT2D eigenvalue weighted by atomic mass is 9.96. The second-order valence-corrected chi connectivity index (χ2v) is 12.9. The summed E-state index contributed by atoms with van der Waals surface area (Å²) in [5, 5.41) is 33.8. The number of hydrogen-bond acceptors (Lipinski definition) is 12. The lowest BCUT2D eigenvalue weighted by molar-refractivity contribution is -0.119. The highest BCUT2D eigenvalue weighted by Gasteiger charge is 2.55. The number of ether oxygens (including phenoxy) is 1. The molecule has 12 nitrogen and oxygen atoms in total. The van der Waals surface area contributed by atoms with Gasteiger partial charge < -0.3 is 30.7 Å². The molecule has 0 spiro atoms. The number of nitrogens with two attached hydrogens (primary N) is 1. The van der Waals surface area contributed by atoms with Gasteiger partial charge in [-0.25, -0.2) is 14.6 Å². The van der Waals surface area contributed by atoms with Crippen LogP contribution in [0.5, 0.6) is 0 Å². The number of carbonyl (C=O) groups excluding carboxylic acids is 1.